The van der Waals surface area contributed by atoms with Crippen molar-refractivity contribution in [3.05, 3.63) is 54.1 Å². The SMILES string of the molecule is COC(=O)CCCC/C=C(\COc1cccc2ccccc12)C(=O)N(C)CCN(C)C. The number of methoxy groups -OCH3 is 1. The molecule has 2 rings (SSSR count). The highest BCUT2D eigenvalue weighted by Crippen LogP contribution is 2.25. The molecule has 0 fully saturated rings. The monoisotopic (exact) mass is 426 g/mol. The molecule has 0 atom stereocenters. The third-order valence-corrected chi connectivity index (χ3v) is 5.09. The molecule has 0 radical (unpaired) electrons. The first-order chi connectivity index (χ1) is 14.9. The number of carbonyl (C=O) groups is 2. The molecular formula is C25H34N2O4. The predicted octanol–water partition coefficient (Wildman–Crippen LogP) is 3.90. The number of unbranched alkanes of at least 4 members (excludes halogenated alkanes) is 2. The zero-order valence-corrected chi connectivity index (χ0v) is 19.1. The van der Waals surface area contributed by atoms with Crippen LogP contribution in [0, 0.1) is 0 Å². The third-order valence-electron chi connectivity index (χ3n) is 5.09. The van der Waals surface area contributed by atoms with Gasteiger partial charge in [-0.3, -0.25) is 9.59 Å². The number of likely N-dealkylation sites (N-methyl/N-ethyl adjacent to an activating group) is 2. The number of allylic oxidation sites excluding steroid dienone is 1. The van der Waals surface area contributed by atoms with Crippen molar-refractivity contribution < 1.29 is 19.1 Å². The summed E-state index contributed by atoms with van der Waals surface area (Å²) in [5.74, 6) is 0.525. The Bertz CT molecular complexity index is 887. The molecule has 0 aliphatic heterocycles. The van der Waals surface area contributed by atoms with E-state index >= 15 is 0 Å². The minimum atomic E-state index is -0.206. The van der Waals surface area contributed by atoms with Crippen LogP contribution < -0.4 is 4.74 Å². The zero-order chi connectivity index (χ0) is 22.6. The molecule has 2 aromatic carbocycles. The first-order valence-electron chi connectivity index (χ1n) is 10.7. The second-order valence-electron chi connectivity index (χ2n) is 7.85. The van der Waals surface area contributed by atoms with Gasteiger partial charge in [-0.1, -0.05) is 42.5 Å². The largest absolute Gasteiger partial charge is 0.488 e. The molecule has 0 saturated carbocycles. The van der Waals surface area contributed by atoms with Crippen molar-refractivity contribution in [3.8, 4) is 5.75 Å². The van der Waals surface area contributed by atoms with Crippen LogP contribution in [0.2, 0.25) is 0 Å². The van der Waals surface area contributed by atoms with E-state index in [9.17, 15) is 9.59 Å². The van der Waals surface area contributed by atoms with Crippen molar-refractivity contribution in [1.29, 1.82) is 0 Å². The number of esters is 1. The number of carbonyl (C=O) groups excluding carboxylic acids is 2. The van der Waals surface area contributed by atoms with E-state index in [0.717, 1.165) is 35.9 Å². The summed E-state index contributed by atoms with van der Waals surface area (Å²) in [7, 11) is 7.18. The maximum atomic E-state index is 13.0. The molecule has 0 bridgehead atoms. The van der Waals surface area contributed by atoms with E-state index in [1.807, 2.05) is 74.6 Å². The Morgan fingerprint density at radius 2 is 1.71 bits per heavy atom. The van der Waals surface area contributed by atoms with Gasteiger partial charge in [0.15, 0.2) is 0 Å². The smallest absolute Gasteiger partial charge is 0.305 e. The number of rotatable bonds is 12. The van der Waals surface area contributed by atoms with Crippen LogP contribution in [0.25, 0.3) is 10.8 Å². The van der Waals surface area contributed by atoms with Crippen molar-refractivity contribution >= 4 is 22.6 Å². The number of hydrogen-bond donors (Lipinski definition) is 0. The number of amides is 1. The molecule has 168 valence electrons. The van der Waals surface area contributed by atoms with Gasteiger partial charge in [0.1, 0.15) is 12.4 Å². The Morgan fingerprint density at radius 3 is 2.45 bits per heavy atom. The van der Waals surface area contributed by atoms with Gasteiger partial charge in [0.05, 0.1) is 12.7 Å². The molecule has 1 amide bonds. The van der Waals surface area contributed by atoms with Crippen LogP contribution in [-0.4, -0.2) is 69.6 Å². The van der Waals surface area contributed by atoms with Crippen LogP contribution in [0.4, 0.5) is 0 Å². The quantitative estimate of drug-likeness (QED) is 0.293. The fourth-order valence-electron chi connectivity index (χ4n) is 3.17. The van der Waals surface area contributed by atoms with E-state index in [0.29, 0.717) is 25.0 Å². The molecular weight excluding hydrogens is 392 g/mol. The molecule has 6 nitrogen and oxygen atoms in total. The summed E-state index contributed by atoms with van der Waals surface area (Å²) < 4.78 is 10.8. The molecule has 2 aromatic rings. The standard InChI is InChI=1S/C25H34N2O4/c1-26(2)17-18-27(3)25(29)21(12-6-5-7-16-24(28)30-4)19-31-23-15-10-13-20-11-8-9-14-22(20)23/h8-15H,5-7,16-19H2,1-4H3/b21-12+. The second-order valence-corrected chi connectivity index (χ2v) is 7.85. The average Bonchev–Trinajstić information content (AvgIpc) is 2.78. The van der Waals surface area contributed by atoms with Crippen LogP contribution in [0.1, 0.15) is 25.7 Å². The normalized spacial score (nSPS) is 11.6. The van der Waals surface area contributed by atoms with Gasteiger partial charge in [0.2, 0.25) is 0 Å². The Balaban J connectivity index is 2.07. The number of hydrogen-bond acceptors (Lipinski definition) is 5. The highest BCUT2D eigenvalue weighted by atomic mass is 16.5. The summed E-state index contributed by atoms with van der Waals surface area (Å²) in [5.41, 5.74) is 0.632. The lowest BCUT2D eigenvalue weighted by Gasteiger charge is -2.21. The summed E-state index contributed by atoms with van der Waals surface area (Å²) >= 11 is 0. The van der Waals surface area contributed by atoms with Crippen LogP contribution in [-0.2, 0) is 14.3 Å². The number of benzene rings is 2. The summed E-state index contributed by atoms with van der Waals surface area (Å²) in [6.07, 6.45) is 4.57. The van der Waals surface area contributed by atoms with E-state index in [1.165, 1.54) is 7.11 Å². The topological polar surface area (TPSA) is 59.1 Å². The second kappa shape index (κ2) is 12.7. The van der Waals surface area contributed by atoms with Gasteiger partial charge in [-0.25, -0.2) is 0 Å². The third kappa shape index (κ3) is 8.06. The number of fused-ring (bicyclic) bond motifs is 1. The van der Waals surface area contributed by atoms with Gasteiger partial charge in [-0.15, -0.1) is 0 Å². The molecule has 0 aliphatic carbocycles. The van der Waals surface area contributed by atoms with Gasteiger partial charge in [0.25, 0.3) is 5.91 Å². The van der Waals surface area contributed by atoms with Crippen molar-refractivity contribution in [3.63, 3.8) is 0 Å². The van der Waals surface area contributed by atoms with Crippen molar-refractivity contribution in [2.75, 3.05) is 47.9 Å². The maximum Gasteiger partial charge on any atom is 0.305 e. The van der Waals surface area contributed by atoms with Gasteiger partial charge >= 0.3 is 5.97 Å². The zero-order valence-electron chi connectivity index (χ0n) is 19.1. The summed E-state index contributed by atoms with van der Waals surface area (Å²) in [5, 5.41) is 2.12. The fraction of sp³-hybridized carbons (Fsp3) is 0.440. The van der Waals surface area contributed by atoms with Crippen molar-refractivity contribution in [2.45, 2.75) is 25.7 Å². The average molecular weight is 427 g/mol. The van der Waals surface area contributed by atoms with E-state index in [2.05, 4.69) is 4.74 Å². The van der Waals surface area contributed by atoms with Crippen molar-refractivity contribution in [2.24, 2.45) is 0 Å². The Hall–Kier alpha value is -2.86. The summed E-state index contributed by atoms with van der Waals surface area (Å²) in [6.45, 7) is 1.63. The minimum absolute atomic E-state index is 0.0324. The molecule has 0 unspecified atom stereocenters. The molecule has 31 heavy (non-hydrogen) atoms. The lowest BCUT2D eigenvalue weighted by Crippen LogP contribution is -2.35. The Morgan fingerprint density at radius 1 is 0.968 bits per heavy atom. The van der Waals surface area contributed by atoms with E-state index in [-0.39, 0.29) is 18.5 Å². The van der Waals surface area contributed by atoms with Crippen LogP contribution in [0.5, 0.6) is 5.75 Å². The van der Waals surface area contributed by atoms with Gasteiger partial charge in [-0.2, -0.15) is 0 Å². The Kier molecular flexibility index (Phi) is 10.0. The predicted molar refractivity (Wildman–Crippen MR) is 124 cm³/mol. The van der Waals surface area contributed by atoms with Crippen molar-refractivity contribution in [1.82, 2.24) is 9.80 Å². The lowest BCUT2D eigenvalue weighted by molar-refractivity contribution is -0.140. The van der Waals surface area contributed by atoms with Gasteiger partial charge in [-0.05, 0) is 44.8 Å². The fourth-order valence-corrected chi connectivity index (χ4v) is 3.17. The molecule has 0 aromatic heterocycles. The number of ether oxygens (including phenoxy) is 2. The Labute approximate surface area is 185 Å². The lowest BCUT2D eigenvalue weighted by atomic mass is 10.1. The summed E-state index contributed by atoms with van der Waals surface area (Å²) in [4.78, 5) is 28.1. The van der Waals surface area contributed by atoms with Gasteiger partial charge in [0, 0.05) is 31.9 Å². The molecule has 0 spiro atoms. The minimum Gasteiger partial charge on any atom is -0.488 e. The van der Waals surface area contributed by atoms with Crippen LogP contribution in [0.15, 0.2) is 54.1 Å². The first kappa shape index (κ1) is 24.4. The van der Waals surface area contributed by atoms with Gasteiger partial charge < -0.3 is 19.3 Å². The van der Waals surface area contributed by atoms with E-state index < -0.39 is 0 Å². The first-order valence-corrected chi connectivity index (χ1v) is 10.7. The molecule has 0 saturated heterocycles. The van der Waals surface area contributed by atoms with Crippen LogP contribution >= 0.6 is 0 Å². The number of nitrogens with zero attached hydrogens (tertiary/aromatic N) is 2. The summed E-state index contributed by atoms with van der Waals surface area (Å²) in [6, 6.07) is 14.0. The molecule has 6 heteroatoms. The van der Waals surface area contributed by atoms with E-state index in [1.54, 1.807) is 4.90 Å². The van der Waals surface area contributed by atoms with E-state index in [4.69, 9.17) is 4.74 Å². The molecule has 0 aliphatic rings. The van der Waals surface area contributed by atoms with Crippen LogP contribution in [0.3, 0.4) is 0 Å². The maximum absolute atomic E-state index is 13.0. The molecule has 0 N–H and O–H groups in total. The highest BCUT2D eigenvalue weighted by Gasteiger charge is 2.16. The highest BCUT2D eigenvalue weighted by molar-refractivity contribution is 5.94. The molecule has 0 heterocycles.